The zero-order chi connectivity index (χ0) is 14.5. The van der Waals surface area contributed by atoms with Gasteiger partial charge in [0.2, 0.25) is 0 Å². The van der Waals surface area contributed by atoms with Crippen LogP contribution in [0.25, 0.3) is 0 Å². The number of piperidine rings is 1. The Balaban J connectivity index is 1.44. The summed E-state index contributed by atoms with van der Waals surface area (Å²) in [4.78, 5) is 5.28. The first-order valence-electron chi connectivity index (χ1n) is 8.43. The fourth-order valence-corrected chi connectivity index (χ4v) is 3.68. The van der Waals surface area contributed by atoms with Gasteiger partial charge in [-0.05, 0) is 36.9 Å². The van der Waals surface area contributed by atoms with Gasteiger partial charge in [-0.2, -0.15) is 0 Å². The average Bonchev–Trinajstić information content (AvgIpc) is 2.51. The number of nitrogens with zero attached hydrogens (tertiary/aromatic N) is 2. The number of nitrogens with one attached hydrogen (secondary N) is 1. The minimum absolute atomic E-state index is 0.535. The predicted octanol–water partition coefficient (Wildman–Crippen LogP) is 2.19. The molecule has 0 unspecified atom stereocenters. The van der Waals surface area contributed by atoms with Gasteiger partial charge < -0.3 is 10.2 Å². The summed E-state index contributed by atoms with van der Waals surface area (Å²) in [7, 11) is 0. The van der Waals surface area contributed by atoms with Crippen molar-refractivity contribution in [3.05, 3.63) is 35.9 Å². The van der Waals surface area contributed by atoms with Crippen molar-refractivity contribution in [2.75, 3.05) is 45.8 Å². The lowest BCUT2D eigenvalue weighted by Crippen LogP contribution is -2.50. The summed E-state index contributed by atoms with van der Waals surface area (Å²) in [6.07, 6.45) is 2.66. The molecule has 0 saturated carbocycles. The van der Waals surface area contributed by atoms with Gasteiger partial charge in [0, 0.05) is 39.3 Å². The van der Waals surface area contributed by atoms with E-state index in [1.54, 1.807) is 0 Å². The molecule has 2 fully saturated rings. The van der Waals surface area contributed by atoms with E-state index >= 15 is 0 Å². The third-order valence-corrected chi connectivity index (χ3v) is 5.13. The van der Waals surface area contributed by atoms with Crippen molar-refractivity contribution in [2.24, 2.45) is 5.41 Å². The second kappa shape index (κ2) is 6.91. The van der Waals surface area contributed by atoms with Crippen molar-refractivity contribution >= 4 is 0 Å². The first-order chi connectivity index (χ1) is 10.2. The highest BCUT2D eigenvalue weighted by Crippen LogP contribution is 2.29. The molecule has 1 aromatic rings. The molecule has 0 atom stereocenters. The van der Waals surface area contributed by atoms with Crippen LogP contribution in [0.1, 0.15) is 25.3 Å². The van der Waals surface area contributed by atoms with Gasteiger partial charge in [-0.15, -0.1) is 0 Å². The summed E-state index contributed by atoms with van der Waals surface area (Å²) in [6, 6.07) is 10.9. The highest BCUT2D eigenvalue weighted by atomic mass is 15.3. The smallest absolute Gasteiger partial charge is 0.0234 e. The van der Waals surface area contributed by atoms with Crippen molar-refractivity contribution in [3.8, 4) is 0 Å². The molecule has 2 aliphatic heterocycles. The summed E-state index contributed by atoms with van der Waals surface area (Å²) in [6.45, 7) is 12.2. The van der Waals surface area contributed by atoms with Gasteiger partial charge in [0.25, 0.3) is 0 Å². The van der Waals surface area contributed by atoms with Crippen LogP contribution in [-0.2, 0) is 6.54 Å². The van der Waals surface area contributed by atoms with Gasteiger partial charge >= 0.3 is 0 Å². The summed E-state index contributed by atoms with van der Waals surface area (Å²) in [5, 5.41) is 3.48. The minimum Gasteiger partial charge on any atom is -0.317 e. The van der Waals surface area contributed by atoms with Gasteiger partial charge in [0.05, 0.1) is 0 Å². The van der Waals surface area contributed by atoms with E-state index in [1.165, 1.54) is 64.2 Å². The highest BCUT2D eigenvalue weighted by Gasteiger charge is 2.30. The first kappa shape index (κ1) is 15.0. The second-order valence-electron chi connectivity index (χ2n) is 7.10. The van der Waals surface area contributed by atoms with E-state index in [9.17, 15) is 0 Å². The Bertz CT molecular complexity index is 417. The van der Waals surface area contributed by atoms with Crippen molar-refractivity contribution in [3.63, 3.8) is 0 Å². The van der Waals surface area contributed by atoms with Crippen LogP contribution in [0.15, 0.2) is 30.3 Å². The minimum atomic E-state index is 0.535. The van der Waals surface area contributed by atoms with Crippen LogP contribution in [0.2, 0.25) is 0 Å². The third-order valence-electron chi connectivity index (χ3n) is 5.13. The van der Waals surface area contributed by atoms with Crippen LogP contribution in [0.4, 0.5) is 0 Å². The van der Waals surface area contributed by atoms with E-state index in [2.05, 4.69) is 52.4 Å². The molecular weight excluding hydrogens is 258 g/mol. The van der Waals surface area contributed by atoms with Gasteiger partial charge in [-0.25, -0.2) is 0 Å². The molecular formula is C18H29N3. The van der Waals surface area contributed by atoms with Crippen LogP contribution in [0.5, 0.6) is 0 Å². The molecule has 116 valence electrons. The molecule has 1 aromatic carbocycles. The van der Waals surface area contributed by atoms with Gasteiger partial charge in [0.1, 0.15) is 0 Å². The summed E-state index contributed by atoms with van der Waals surface area (Å²) >= 11 is 0. The molecule has 0 radical (unpaired) electrons. The fourth-order valence-electron chi connectivity index (χ4n) is 3.68. The Labute approximate surface area is 129 Å². The lowest BCUT2D eigenvalue weighted by molar-refractivity contribution is 0.0731. The maximum absolute atomic E-state index is 3.48. The SMILES string of the molecule is CC1(CN2CCN(Cc3ccccc3)CC2)CCNCC1. The van der Waals surface area contributed by atoms with Crippen LogP contribution in [0, 0.1) is 5.41 Å². The zero-order valence-corrected chi connectivity index (χ0v) is 13.4. The molecule has 0 spiro atoms. The summed E-state index contributed by atoms with van der Waals surface area (Å²) < 4.78 is 0. The summed E-state index contributed by atoms with van der Waals surface area (Å²) in [5.41, 5.74) is 1.98. The Morgan fingerprint density at radius 3 is 2.24 bits per heavy atom. The summed E-state index contributed by atoms with van der Waals surface area (Å²) in [5.74, 6) is 0. The van der Waals surface area contributed by atoms with Crippen LogP contribution >= 0.6 is 0 Å². The van der Waals surface area contributed by atoms with E-state index in [-0.39, 0.29) is 0 Å². The number of hydrogen-bond acceptors (Lipinski definition) is 3. The monoisotopic (exact) mass is 287 g/mol. The molecule has 3 rings (SSSR count). The van der Waals surface area contributed by atoms with Crippen molar-refractivity contribution in [1.82, 2.24) is 15.1 Å². The maximum Gasteiger partial charge on any atom is 0.0234 e. The normalized spacial score (nSPS) is 24.0. The van der Waals surface area contributed by atoms with Crippen LogP contribution in [-0.4, -0.2) is 55.6 Å². The van der Waals surface area contributed by atoms with E-state index in [0.717, 1.165) is 6.54 Å². The molecule has 2 saturated heterocycles. The Hall–Kier alpha value is -0.900. The molecule has 0 amide bonds. The van der Waals surface area contributed by atoms with E-state index < -0.39 is 0 Å². The number of benzene rings is 1. The van der Waals surface area contributed by atoms with E-state index in [0.29, 0.717) is 5.41 Å². The van der Waals surface area contributed by atoms with Gasteiger partial charge in [0.15, 0.2) is 0 Å². The maximum atomic E-state index is 3.48. The molecule has 3 heteroatoms. The largest absolute Gasteiger partial charge is 0.317 e. The average molecular weight is 287 g/mol. The Morgan fingerprint density at radius 1 is 0.952 bits per heavy atom. The molecule has 2 heterocycles. The molecule has 3 nitrogen and oxygen atoms in total. The molecule has 0 aromatic heterocycles. The number of hydrogen-bond donors (Lipinski definition) is 1. The first-order valence-corrected chi connectivity index (χ1v) is 8.43. The lowest BCUT2D eigenvalue weighted by atomic mass is 9.80. The standard InChI is InChI=1S/C18H29N3/c1-18(7-9-19-10-8-18)16-21-13-11-20(12-14-21)15-17-5-3-2-4-6-17/h2-6,19H,7-16H2,1H3. The van der Waals surface area contributed by atoms with Crippen molar-refractivity contribution < 1.29 is 0 Å². The zero-order valence-electron chi connectivity index (χ0n) is 13.4. The molecule has 21 heavy (non-hydrogen) atoms. The molecule has 0 aliphatic carbocycles. The molecule has 1 N–H and O–H groups in total. The fraction of sp³-hybridized carbons (Fsp3) is 0.667. The molecule has 2 aliphatic rings. The lowest BCUT2D eigenvalue weighted by Gasteiger charge is -2.42. The highest BCUT2D eigenvalue weighted by molar-refractivity contribution is 5.14. The van der Waals surface area contributed by atoms with Gasteiger partial charge in [-0.3, -0.25) is 4.90 Å². The second-order valence-corrected chi connectivity index (χ2v) is 7.10. The van der Waals surface area contributed by atoms with Crippen molar-refractivity contribution in [1.29, 1.82) is 0 Å². The molecule has 0 bridgehead atoms. The van der Waals surface area contributed by atoms with Gasteiger partial charge in [-0.1, -0.05) is 37.3 Å². The third kappa shape index (κ3) is 4.29. The van der Waals surface area contributed by atoms with Crippen LogP contribution in [0.3, 0.4) is 0 Å². The number of piperazine rings is 1. The Kier molecular flexibility index (Phi) is 4.94. The topological polar surface area (TPSA) is 18.5 Å². The van der Waals surface area contributed by atoms with Crippen molar-refractivity contribution in [2.45, 2.75) is 26.3 Å². The predicted molar refractivity (Wildman–Crippen MR) is 88.4 cm³/mol. The van der Waals surface area contributed by atoms with E-state index in [1.807, 2.05) is 0 Å². The van der Waals surface area contributed by atoms with E-state index in [4.69, 9.17) is 0 Å². The quantitative estimate of drug-likeness (QED) is 0.916. The van der Waals surface area contributed by atoms with Crippen LogP contribution < -0.4 is 5.32 Å². The number of rotatable bonds is 4. The Morgan fingerprint density at radius 2 is 1.57 bits per heavy atom.